The Morgan fingerprint density at radius 3 is 2.86 bits per heavy atom. The van der Waals surface area contributed by atoms with Crippen LogP contribution in [0.25, 0.3) is 0 Å². The van der Waals surface area contributed by atoms with Crippen LogP contribution in [0.15, 0.2) is 29.6 Å². The molecule has 114 valence electrons. The van der Waals surface area contributed by atoms with Gasteiger partial charge in [-0.2, -0.15) is 0 Å². The van der Waals surface area contributed by atoms with Crippen molar-refractivity contribution < 1.29 is 9.84 Å². The second-order valence-corrected chi connectivity index (χ2v) is 6.15. The molecule has 6 heteroatoms. The number of halogens is 1. The summed E-state index contributed by atoms with van der Waals surface area (Å²) in [6.45, 7) is 4.63. The number of aliphatic hydroxyl groups is 1. The highest BCUT2D eigenvalue weighted by atomic mass is 35.5. The van der Waals surface area contributed by atoms with Gasteiger partial charge >= 0.3 is 0 Å². The van der Waals surface area contributed by atoms with Crippen LogP contribution >= 0.6 is 22.9 Å². The normalized spacial score (nSPS) is 13.9. The van der Waals surface area contributed by atoms with Crippen molar-refractivity contribution in [1.29, 1.82) is 0 Å². The molecule has 0 aliphatic carbocycles. The Hall–Kier alpha value is -1.14. The van der Waals surface area contributed by atoms with Crippen LogP contribution in [0.1, 0.15) is 23.7 Å². The molecule has 0 spiro atoms. The molecule has 0 saturated carbocycles. The van der Waals surface area contributed by atoms with Gasteiger partial charge in [-0.25, -0.2) is 4.98 Å². The number of hydrogen-bond donors (Lipinski definition) is 2. The third-order valence-electron chi connectivity index (χ3n) is 2.93. The lowest BCUT2D eigenvalue weighted by Crippen LogP contribution is -2.33. The summed E-state index contributed by atoms with van der Waals surface area (Å²) in [4.78, 5) is 4.42. The number of aryl methyl sites for hydroxylation is 1. The molecule has 2 atom stereocenters. The summed E-state index contributed by atoms with van der Waals surface area (Å²) in [7, 11) is 0. The smallest absolute Gasteiger partial charge is 0.138 e. The second-order valence-electron chi connectivity index (χ2n) is 4.85. The lowest BCUT2D eigenvalue weighted by atomic mass is 10.3. The second kappa shape index (κ2) is 7.75. The lowest BCUT2D eigenvalue weighted by molar-refractivity contribution is 0.104. The predicted octanol–water partition coefficient (Wildman–Crippen LogP) is 3.20. The molecule has 0 fully saturated rings. The fourth-order valence-electron chi connectivity index (χ4n) is 1.78. The fourth-order valence-corrected chi connectivity index (χ4v) is 2.80. The van der Waals surface area contributed by atoms with Crippen LogP contribution in [0.5, 0.6) is 5.75 Å². The molecular weight excluding hydrogens is 308 g/mol. The summed E-state index contributed by atoms with van der Waals surface area (Å²) < 4.78 is 5.51. The summed E-state index contributed by atoms with van der Waals surface area (Å²) in [6, 6.07) is 7.33. The molecule has 21 heavy (non-hydrogen) atoms. The number of ether oxygens (including phenoxy) is 1. The molecule has 1 aromatic carbocycles. The van der Waals surface area contributed by atoms with Gasteiger partial charge in [0.15, 0.2) is 0 Å². The highest BCUT2D eigenvalue weighted by Crippen LogP contribution is 2.23. The van der Waals surface area contributed by atoms with Gasteiger partial charge in [0, 0.05) is 17.6 Å². The van der Waals surface area contributed by atoms with Crippen LogP contribution in [-0.4, -0.2) is 29.3 Å². The highest BCUT2D eigenvalue weighted by Gasteiger charge is 2.12. The van der Waals surface area contributed by atoms with E-state index in [1.165, 1.54) is 0 Å². The van der Waals surface area contributed by atoms with Crippen LogP contribution < -0.4 is 10.1 Å². The first-order valence-corrected chi connectivity index (χ1v) is 8.03. The first-order valence-electron chi connectivity index (χ1n) is 6.77. The first kappa shape index (κ1) is 16.2. The molecule has 0 radical (unpaired) electrons. The number of para-hydroxylation sites is 1. The molecule has 0 amide bonds. The summed E-state index contributed by atoms with van der Waals surface area (Å²) in [5, 5.41) is 16.8. The molecule has 1 aromatic heterocycles. The number of hydrogen-bond acceptors (Lipinski definition) is 5. The molecular formula is C15H19ClN2O2S. The van der Waals surface area contributed by atoms with E-state index < -0.39 is 6.10 Å². The molecule has 2 aromatic rings. The van der Waals surface area contributed by atoms with E-state index in [9.17, 15) is 5.11 Å². The zero-order valence-electron chi connectivity index (χ0n) is 12.0. The molecule has 0 saturated heterocycles. The third-order valence-corrected chi connectivity index (χ3v) is 4.39. The number of rotatable bonds is 7. The Kier molecular flexibility index (Phi) is 5.99. The van der Waals surface area contributed by atoms with E-state index in [4.69, 9.17) is 16.3 Å². The van der Waals surface area contributed by atoms with Crippen LogP contribution in [-0.2, 0) is 0 Å². The van der Waals surface area contributed by atoms with Crippen molar-refractivity contribution >= 4 is 22.9 Å². The van der Waals surface area contributed by atoms with Crippen molar-refractivity contribution in [3.05, 3.63) is 45.4 Å². The molecule has 2 N–H and O–H groups in total. The van der Waals surface area contributed by atoms with Gasteiger partial charge < -0.3 is 15.2 Å². The van der Waals surface area contributed by atoms with Crippen LogP contribution in [0.4, 0.5) is 0 Å². The van der Waals surface area contributed by atoms with Crippen molar-refractivity contribution in [3.63, 3.8) is 0 Å². The average molecular weight is 327 g/mol. The van der Waals surface area contributed by atoms with Gasteiger partial charge in [0.1, 0.15) is 23.5 Å². The maximum Gasteiger partial charge on any atom is 0.138 e. The molecule has 0 aliphatic rings. The lowest BCUT2D eigenvalue weighted by Gasteiger charge is -2.16. The molecule has 2 rings (SSSR count). The Balaban J connectivity index is 1.75. The van der Waals surface area contributed by atoms with E-state index in [1.54, 1.807) is 23.5 Å². The number of nitrogens with zero attached hydrogens (tertiary/aromatic N) is 1. The van der Waals surface area contributed by atoms with Crippen LogP contribution in [0.3, 0.4) is 0 Å². The van der Waals surface area contributed by atoms with E-state index in [2.05, 4.69) is 10.3 Å². The van der Waals surface area contributed by atoms with Crippen molar-refractivity contribution in [2.24, 2.45) is 0 Å². The fraction of sp³-hybridized carbons (Fsp3) is 0.400. The van der Waals surface area contributed by atoms with E-state index in [0.717, 1.165) is 10.7 Å². The van der Waals surface area contributed by atoms with Crippen LogP contribution in [0, 0.1) is 6.92 Å². The van der Waals surface area contributed by atoms with Crippen molar-refractivity contribution in [2.75, 3.05) is 13.2 Å². The van der Waals surface area contributed by atoms with Crippen molar-refractivity contribution in [1.82, 2.24) is 10.3 Å². The van der Waals surface area contributed by atoms with E-state index in [0.29, 0.717) is 17.3 Å². The minimum absolute atomic E-state index is 0.110. The van der Waals surface area contributed by atoms with E-state index >= 15 is 0 Å². The maximum absolute atomic E-state index is 9.95. The van der Waals surface area contributed by atoms with Crippen molar-refractivity contribution in [2.45, 2.75) is 26.0 Å². The number of nitrogens with one attached hydrogen (secondary N) is 1. The van der Waals surface area contributed by atoms with Gasteiger partial charge in [-0.1, -0.05) is 23.7 Å². The van der Waals surface area contributed by atoms with Gasteiger partial charge in [0.25, 0.3) is 0 Å². The molecule has 0 aliphatic heterocycles. The van der Waals surface area contributed by atoms with Crippen LogP contribution in [0.2, 0.25) is 5.02 Å². The SMILES string of the molecule is Cc1csc(C(C)NCC(O)COc2ccccc2Cl)n1. The summed E-state index contributed by atoms with van der Waals surface area (Å²) in [6.07, 6.45) is -0.607. The molecule has 4 nitrogen and oxygen atoms in total. The topological polar surface area (TPSA) is 54.4 Å². The number of benzene rings is 1. The Morgan fingerprint density at radius 2 is 2.19 bits per heavy atom. The zero-order chi connectivity index (χ0) is 15.2. The maximum atomic E-state index is 9.95. The quantitative estimate of drug-likeness (QED) is 0.820. The monoisotopic (exact) mass is 326 g/mol. The third kappa shape index (κ3) is 4.97. The zero-order valence-corrected chi connectivity index (χ0v) is 13.6. The minimum atomic E-state index is -0.607. The summed E-state index contributed by atoms with van der Waals surface area (Å²) >= 11 is 7.61. The molecule has 0 bridgehead atoms. The standard InChI is InChI=1S/C15H19ClN2O2S/c1-10-9-21-15(18-10)11(2)17-7-12(19)8-20-14-6-4-3-5-13(14)16/h3-6,9,11-12,17,19H,7-8H2,1-2H3. The summed E-state index contributed by atoms with van der Waals surface area (Å²) in [5.74, 6) is 0.585. The van der Waals surface area contributed by atoms with Gasteiger partial charge in [-0.05, 0) is 26.0 Å². The largest absolute Gasteiger partial charge is 0.489 e. The minimum Gasteiger partial charge on any atom is -0.489 e. The van der Waals surface area contributed by atoms with Gasteiger partial charge in [0.05, 0.1) is 11.1 Å². The summed E-state index contributed by atoms with van der Waals surface area (Å²) in [5.41, 5.74) is 1.02. The van der Waals surface area contributed by atoms with E-state index in [-0.39, 0.29) is 12.6 Å². The number of thiazole rings is 1. The molecule has 1 heterocycles. The van der Waals surface area contributed by atoms with Gasteiger partial charge in [0.2, 0.25) is 0 Å². The average Bonchev–Trinajstić information content (AvgIpc) is 2.90. The van der Waals surface area contributed by atoms with Gasteiger partial charge in [-0.3, -0.25) is 0 Å². The number of aliphatic hydroxyl groups excluding tert-OH is 1. The van der Waals surface area contributed by atoms with E-state index in [1.807, 2.05) is 31.4 Å². The predicted molar refractivity (Wildman–Crippen MR) is 86.2 cm³/mol. The van der Waals surface area contributed by atoms with Crippen molar-refractivity contribution in [3.8, 4) is 5.75 Å². The highest BCUT2D eigenvalue weighted by molar-refractivity contribution is 7.09. The van der Waals surface area contributed by atoms with Gasteiger partial charge in [-0.15, -0.1) is 11.3 Å². The Bertz CT molecular complexity index is 576. The first-order chi connectivity index (χ1) is 10.1. The number of aromatic nitrogens is 1. The molecule has 2 unspecified atom stereocenters. The Morgan fingerprint density at radius 1 is 1.43 bits per heavy atom. The Labute approximate surface area is 133 Å².